The Hall–Kier alpha value is -2.79. The van der Waals surface area contributed by atoms with Crippen molar-refractivity contribution in [1.29, 1.82) is 0 Å². The normalized spacial score (nSPS) is 20.8. The molecular formula is C24H24N2O2S. The summed E-state index contributed by atoms with van der Waals surface area (Å²) in [5.74, 6) is 0.488. The highest BCUT2D eigenvalue weighted by Crippen LogP contribution is 2.44. The average molecular weight is 405 g/mol. The number of hydrogen-bond acceptors (Lipinski definition) is 3. The van der Waals surface area contributed by atoms with Gasteiger partial charge in [-0.2, -0.15) is 0 Å². The molecule has 0 saturated heterocycles. The van der Waals surface area contributed by atoms with Gasteiger partial charge in [0.05, 0.1) is 10.6 Å². The van der Waals surface area contributed by atoms with Crippen LogP contribution < -0.4 is 9.62 Å². The lowest BCUT2D eigenvalue weighted by atomic mass is 9.99. The third-order valence-corrected chi connectivity index (χ3v) is 7.68. The summed E-state index contributed by atoms with van der Waals surface area (Å²) in [6.07, 6.45) is 2.88. The van der Waals surface area contributed by atoms with Gasteiger partial charge in [-0.3, -0.25) is 4.31 Å². The number of hydrogen-bond donors (Lipinski definition) is 1. The highest BCUT2D eigenvalue weighted by Gasteiger charge is 2.39. The molecule has 1 heterocycles. The van der Waals surface area contributed by atoms with Gasteiger partial charge in [0.1, 0.15) is 0 Å². The lowest BCUT2D eigenvalue weighted by Gasteiger charge is -2.31. The largest absolute Gasteiger partial charge is 0.382 e. The highest BCUT2D eigenvalue weighted by molar-refractivity contribution is 7.92. The van der Waals surface area contributed by atoms with Crippen LogP contribution in [0.1, 0.15) is 29.9 Å². The van der Waals surface area contributed by atoms with E-state index in [1.54, 1.807) is 28.6 Å². The molecule has 1 fully saturated rings. The molecular weight excluding hydrogens is 380 g/mol. The molecule has 3 aromatic carbocycles. The second-order valence-electron chi connectivity index (χ2n) is 7.84. The molecule has 1 saturated carbocycles. The van der Waals surface area contributed by atoms with E-state index in [0.717, 1.165) is 36.2 Å². The third-order valence-electron chi connectivity index (χ3n) is 5.86. The predicted octanol–water partition coefficient (Wildman–Crippen LogP) is 4.80. The predicted molar refractivity (Wildman–Crippen MR) is 117 cm³/mol. The minimum atomic E-state index is -3.52. The van der Waals surface area contributed by atoms with Gasteiger partial charge in [-0.1, -0.05) is 48.5 Å². The van der Waals surface area contributed by atoms with E-state index in [0.29, 0.717) is 23.4 Å². The number of sulfonamides is 1. The lowest BCUT2D eigenvalue weighted by molar-refractivity contribution is 0.586. The van der Waals surface area contributed by atoms with Gasteiger partial charge >= 0.3 is 0 Å². The van der Waals surface area contributed by atoms with Crippen LogP contribution in [0.5, 0.6) is 0 Å². The summed E-state index contributed by atoms with van der Waals surface area (Å²) in [6.45, 7) is 0.533. The molecule has 1 aliphatic heterocycles. The first-order valence-corrected chi connectivity index (χ1v) is 11.6. The lowest BCUT2D eigenvalue weighted by Crippen LogP contribution is -2.35. The molecule has 148 valence electrons. The monoisotopic (exact) mass is 404 g/mol. The molecule has 0 aromatic heterocycles. The third kappa shape index (κ3) is 3.51. The molecule has 4 nitrogen and oxygen atoms in total. The molecule has 5 rings (SSSR count). The quantitative estimate of drug-likeness (QED) is 0.665. The van der Waals surface area contributed by atoms with E-state index < -0.39 is 10.0 Å². The van der Waals surface area contributed by atoms with Crippen LogP contribution in [0.2, 0.25) is 0 Å². The summed E-state index contributed by atoms with van der Waals surface area (Å²) in [6, 6.07) is 25.8. The zero-order chi connectivity index (χ0) is 19.8. The number of benzene rings is 3. The fourth-order valence-corrected chi connectivity index (χ4v) is 5.82. The van der Waals surface area contributed by atoms with E-state index >= 15 is 0 Å². The molecule has 3 aromatic rings. The van der Waals surface area contributed by atoms with E-state index in [2.05, 4.69) is 29.6 Å². The van der Waals surface area contributed by atoms with Gasteiger partial charge < -0.3 is 5.32 Å². The summed E-state index contributed by atoms with van der Waals surface area (Å²) >= 11 is 0. The maximum absolute atomic E-state index is 13.2. The fraction of sp³-hybridized carbons (Fsp3) is 0.250. The molecule has 5 heteroatoms. The van der Waals surface area contributed by atoms with Crippen LogP contribution in [0.15, 0.2) is 83.8 Å². The zero-order valence-corrected chi connectivity index (χ0v) is 17.0. The maximum atomic E-state index is 13.2. The molecule has 1 N–H and O–H groups in total. The van der Waals surface area contributed by atoms with Crippen LogP contribution in [0.4, 0.5) is 11.4 Å². The summed E-state index contributed by atoms with van der Waals surface area (Å²) in [5.41, 5.74) is 4.42. The van der Waals surface area contributed by atoms with E-state index in [9.17, 15) is 8.42 Å². The summed E-state index contributed by atoms with van der Waals surface area (Å²) < 4.78 is 27.9. The van der Waals surface area contributed by atoms with Crippen molar-refractivity contribution in [1.82, 2.24) is 0 Å². The molecule has 0 spiro atoms. The number of para-hydroxylation sites is 1. The van der Waals surface area contributed by atoms with Gasteiger partial charge in [-0.05, 0) is 60.7 Å². The molecule has 2 aliphatic rings. The highest BCUT2D eigenvalue weighted by atomic mass is 32.2. The standard InChI is InChI=1S/C24H24N2O2S/c27-29(28,21-11-5-2-6-12-21)26-15-7-8-19-16-18(13-14-24(19)26)22-17-23(22)25-20-9-3-1-4-10-20/h1-6,9-14,16,22-23,25H,7-8,15,17H2/t22-,23+/m0/s1. The molecule has 0 amide bonds. The Balaban J connectivity index is 1.38. The second-order valence-corrected chi connectivity index (χ2v) is 9.70. The Morgan fingerprint density at radius 2 is 1.62 bits per heavy atom. The topological polar surface area (TPSA) is 49.4 Å². The van der Waals surface area contributed by atoms with Gasteiger partial charge in [0.15, 0.2) is 0 Å². The van der Waals surface area contributed by atoms with Gasteiger partial charge in [0.2, 0.25) is 0 Å². The van der Waals surface area contributed by atoms with Crippen LogP contribution in [-0.4, -0.2) is 21.0 Å². The summed E-state index contributed by atoms with van der Waals surface area (Å²) in [7, 11) is -3.52. The molecule has 1 aliphatic carbocycles. The Labute approximate surface area is 172 Å². The Kier molecular flexibility index (Phi) is 4.55. The minimum Gasteiger partial charge on any atom is -0.382 e. The van der Waals surface area contributed by atoms with Gasteiger partial charge in [0, 0.05) is 24.2 Å². The number of nitrogens with one attached hydrogen (secondary N) is 1. The first-order chi connectivity index (χ1) is 14.1. The Morgan fingerprint density at radius 1 is 0.897 bits per heavy atom. The smallest absolute Gasteiger partial charge is 0.264 e. The molecule has 29 heavy (non-hydrogen) atoms. The van der Waals surface area contributed by atoms with Crippen LogP contribution in [0.3, 0.4) is 0 Å². The number of nitrogens with zero attached hydrogens (tertiary/aromatic N) is 1. The van der Waals surface area contributed by atoms with E-state index in [1.165, 1.54) is 5.56 Å². The number of aryl methyl sites for hydroxylation is 1. The van der Waals surface area contributed by atoms with Crippen molar-refractivity contribution in [3.8, 4) is 0 Å². The van der Waals surface area contributed by atoms with Gasteiger partial charge in [-0.25, -0.2) is 8.42 Å². The molecule has 0 radical (unpaired) electrons. The van der Waals surface area contributed by atoms with E-state index in [-0.39, 0.29) is 0 Å². The summed E-state index contributed by atoms with van der Waals surface area (Å²) in [4.78, 5) is 0.353. The summed E-state index contributed by atoms with van der Waals surface area (Å²) in [5, 5.41) is 3.59. The number of fused-ring (bicyclic) bond motifs is 1. The SMILES string of the molecule is O=S(=O)(c1ccccc1)N1CCCc2cc([C@@H]3C[C@H]3Nc3ccccc3)ccc21. The van der Waals surface area contributed by atoms with Crippen molar-refractivity contribution in [2.24, 2.45) is 0 Å². The van der Waals surface area contributed by atoms with Crippen molar-refractivity contribution in [2.45, 2.75) is 36.1 Å². The van der Waals surface area contributed by atoms with Crippen molar-refractivity contribution in [3.05, 3.63) is 90.0 Å². The van der Waals surface area contributed by atoms with Gasteiger partial charge in [0.25, 0.3) is 10.0 Å². The first kappa shape index (κ1) is 18.3. The van der Waals surface area contributed by atoms with Gasteiger partial charge in [-0.15, -0.1) is 0 Å². The molecule has 2 atom stereocenters. The number of anilines is 2. The molecule has 0 unspecified atom stereocenters. The average Bonchev–Trinajstić information content (AvgIpc) is 3.53. The number of rotatable bonds is 5. The van der Waals surface area contributed by atoms with Crippen LogP contribution >= 0.6 is 0 Å². The maximum Gasteiger partial charge on any atom is 0.264 e. The fourth-order valence-electron chi connectivity index (χ4n) is 4.25. The van der Waals surface area contributed by atoms with Crippen LogP contribution in [0.25, 0.3) is 0 Å². The molecule has 0 bridgehead atoms. The Bertz CT molecular complexity index is 1110. The Morgan fingerprint density at radius 3 is 2.38 bits per heavy atom. The minimum absolute atomic E-state index is 0.353. The first-order valence-electron chi connectivity index (χ1n) is 10.2. The van der Waals surface area contributed by atoms with E-state index in [4.69, 9.17) is 0 Å². The van der Waals surface area contributed by atoms with Crippen molar-refractivity contribution >= 4 is 21.4 Å². The van der Waals surface area contributed by atoms with Crippen LogP contribution in [0, 0.1) is 0 Å². The van der Waals surface area contributed by atoms with Crippen molar-refractivity contribution < 1.29 is 8.42 Å². The second kappa shape index (κ2) is 7.23. The van der Waals surface area contributed by atoms with E-state index in [1.807, 2.05) is 30.3 Å². The van der Waals surface area contributed by atoms with Crippen LogP contribution in [-0.2, 0) is 16.4 Å². The zero-order valence-electron chi connectivity index (χ0n) is 16.2. The van der Waals surface area contributed by atoms with Crippen molar-refractivity contribution in [3.63, 3.8) is 0 Å². The van der Waals surface area contributed by atoms with Crippen molar-refractivity contribution in [2.75, 3.05) is 16.2 Å².